The minimum Gasteiger partial charge on any atom is -0.359 e. The van der Waals surface area contributed by atoms with Crippen LogP contribution in [-0.2, 0) is 25.1 Å². The van der Waals surface area contributed by atoms with Gasteiger partial charge < -0.3 is 18.5 Å². The molecule has 0 bridgehead atoms. The first-order valence-electron chi connectivity index (χ1n) is 5.99. The summed E-state index contributed by atoms with van der Waals surface area (Å²) >= 11 is 0. The van der Waals surface area contributed by atoms with Gasteiger partial charge in [-0.3, -0.25) is 0 Å². The molecule has 0 radical (unpaired) electrons. The standard InChI is InChI=1S/C13H21O4P/c1-3-13(15-11-14-2)10-17-18-16-9-12-7-5-4-6-8-12/h4-8,13,18H,3,9-11H2,1-2H3. The summed E-state index contributed by atoms with van der Waals surface area (Å²) in [7, 11) is 1.65. The number of methoxy groups -OCH3 is 1. The number of benzene rings is 1. The van der Waals surface area contributed by atoms with Crippen LogP contribution in [0.1, 0.15) is 18.9 Å². The Morgan fingerprint density at radius 2 is 1.94 bits per heavy atom. The van der Waals surface area contributed by atoms with Gasteiger partial charge in [0.2, 0.25) is 0 Å². The molecule has 0 aliphatic carbocycles. The van der Waals surface area contributed by atoms with Crippen molar-refractivity contribution in [1.82, 2.24) is 0 Å². The molecule has 1 aromatic carbocycles. The molecule has 1 aromatic rings. The minimum atomic E-state index is 0.0379. The zero-order valence-electron chi connectivity index (χ0n) is 10.9. The molecule has 0 saturated carbocycles. The summed E-state index contributed by atoms with van der Waals surface area (Å²) in [5.74, 6) is 0. The van der Waals surface area contributed by atoms with Crippen LogP contribution in [0.4, 0.5) is 0 Å². The van der Waals surface area contributed by atoms with Gasteiger partial charge >= 0.3 is 0 Å². The van der Waals surface area contributed by atoms with E-state index in [1.165, 1.54) is 0 Å². The molecule has 0 N–H and O–H groups in total. The molecule has 102 valence electrons. The van der Waals surface area contributed by atoms with Crippen molar-refractivity contribution in [3.8, 4) is 0 Å². The molecular weight excluding hydrogens is 251 g/mol. The molecule has 2 unspecified atom stereocenters. The largest absolute Gasteiger partial charge is 0.359 e. The van der Waals surface area contributed by atoms with Crippen molar-refractivity contribution in [3.05, 3.63) is 35.9 Å². The summed E-state index contributed by atoms with van der Waals surface area (Å²) in [6.45, 7) is 3.47. The van der Waals surface area contributed by atoms with Gasteiger partial charge in [-0.05, 0) is 12.0 Å². The van der Waals surface area contributed by atoms with E-state index < -0.39 is 0 Å². The van der Waals surface area contributed by atoms with Gasteiger partial charge in [-0.25, -0.2) is 0 Å². The topological polar surface area (TPSA) is 36.9 Å². The van der Waals surface area contributed by atoms with Crippen molar-refractivity contribution >= 4 is 9.03 Å². The lowest BCUT2D eigenvalue weighted by Gasteiger charge is -2.15. The smallest absolute Gasteiger partial charge is 0.155 e. The van der Waals surface area contributed by atoms with E-state index in [1.54, 1.807) is 7.11 Å². The highest BCUT2D eigenvalue weighted by atomic mass is 31.1. The van der Waals surface area contributed by atoms with E-state index in [2.05, 4.69) is 6.92 Å². The molecule has 0 fully saturated rings. The van der Waals surface area contributed by atoms with E-state index in [-0.39, 0.29) is 15.1 Å². The average Bonchev–Trinajstić information content (AvgIpc) is 2.43. The Morgan fingerprint density at radius 3 is 2.61 bits per heavy atom. The minimum absolute atomic E-state index is 0.0379. The van der Waals surface area contributed by atoms with Crippen LogP contribution < -0.4 is 0 Å². The van der Waals surface area contributed by atoms with Gasteiger partial charge in [-0.2, -0.15) is 0 Å². The predicted octanol–water partition coefficient (Wildman–Crippen LogP) is 3.13. The van der Waals surface area contributed by atoms with Gasteiger partial charge in [0.15, 0.2) is 9.03 Å². The fourth-order valence-electron chi connectivity index (χ4n) is 1.30. The van der Waals surface area contributed by atoms with Gasteiger partial charge in [0.1, 0.15) is 6.79 Å². The highest BCUT2D eigenvalue weighted by molar-refractivity contribution is 7.26. The zero-order valence-corrected chi connectivity index (χ0v) is 11.9. The van der Waals surface area contributed by atoms with E-state index >= 15 is 0 Å². The highest BCUT2D eigenvalue weighted by Gasteiger charge is 2.06. The van der Waals surface area contributed by atoms with Crippen LogP contribution in [-0.4, -0.2) is 26.6 Å². The monoisotopic (exact) mass is 272 g/mol. The van der Waals surface area contributed by atoms with E-state index in [9.17, 15) is 0 Å². The SMILES string of the molecule is CCC(COPOCc1ccccc1)OCOC. The van der Waals surface area contributed by atoms with Crippen LogP contribution in [0.25, 0.3) is 0 Å². The van der Waals surface area contributed by atoms with Gasteiger partial charge in [-0.1, -0.05) is 37.3 Å². The van der Waals surface area contributed by atoms with Crippen LogP contribution in [0.3, 0.4) is 0 Å². The summed E-state index contributed by atoms with van der Waals surface area (Å²) < 4.78 is 21.1. The lowest BCUT2D eigenvalue weighted by molar-refractivity contribution is -0.0842. The van der Waals surface area contributed by atoms with E-state index in [1.807, 2.05) is 30.3 Å². The quantitative estimate of drug-likeness (QED) is 0.372. The molecule has 4 nitrogen and oxygen atoms in total. The van der Waals surface area contributed by atoms with Crippen LogP contribution >= 0.6 is 9.03 Å². The van der Waals surface area contributed by atoms with Gasteiger partial charge in [0.05, 0.1) is 19.3 Å². The molecular formula is C13H21O4P. The summed E-state index contributed by atoms with van der Waals surface area (Å²) in [6.07, 6.45) is 0.963. The summed E-state index contributed by atoms with van der Waals surface area (Å²) in [4.78, 5) is 0. The van der Waals surface area contributed by atoms with Crippen molar-refractivity contribution in [2.45, 2.75) is 26.1 Å². The van der Waals surface area contributed by atoms with Crippen molar-refractivity contribution in [2.75, 3.05) is 20.5 Å². The summed E-state index contributed by atoms with van der Waals surface area (Å²) in [6, 6.07) is 10.0. The Kier molecular flexibility index (Phi) is 9.00. The fourth-order valence-corrected chi connectivity index (χ4v) is 1.87. The van der Waals surface area contributed by atoms with Crippen molar-refractivity contribution < 1.29 is 18.5 Å². The molecule has 0 aliphatic heterocycles. The molecule has 0 saturated heterocycles. The Hall–Kier alpha value is -0.510. The molecule has 2 atom stereocenters. The Labute approximate surface area is 111 Å². The summed E-state index contributed by atoms with van der Waals surface area (Å²) in [5, 5.41) is 0. The lowest BCUT2D eigenvalue weighted by atomic mass is 10.2. The van der Waals surface area contributed by atoms with Gasteiger partial charge in [0.25, 0.3) is 0 Å². The van der Waals surface area contributed by atoms with Crippen molar-refractivity contribution in [2.24, 2.45) is 0 Å². The third-order valence-electron chi connectivity index (χ3n) is 2.35. The second-order valence-corrected chi connectivity index (χ2v) is 4.52. The second-order valence-electron chi connectivity index (χ2n) is 3.77. The van der Waals surface area contributed by atoms with Crippen molar-refractivity contribution in [1.29, 1.82) is 0 Å². The molecule has 0 heterocycles. The van der Waals surface area contributed by atoms with Crippen LogP contribution in [0.15, 0.2) is 30.3 Å². The van der Waals surface area contributed by atoms with Crippen molar-refractivity contribution in [3.63, 3.8) is 0 Å². The molecule has 0 spiro atoms. The third kappa shape index (κ3) is 7.04. The van der Waals surface area contributed by atoms with Gasteiger partial charge in [-0.15, -0.1) is 0 Å². The van der Waals surface area contributed by atoms with Crippen LogP contribution in [0.5, 0.6) is 0 Å². The zero-order chi connectivity index (χ0) is 13.1. The molecule has 0 amide bonds. The second kappa shape index (κ2) is 10.4. The molecule has 5 heteroatoms. The van der Waals surface area contributed by atoms with Crippen LogP contribution in [0, 0.1) is 0 Å². The highest BCUT2D eigenvalue weighted by Crippen LogP contribution is 2.18. The number of hydrogen-bond donors (Lipinski definition) is 0. The predicted molar refractivity (Wildman–Crippen MR) is 72.5 cm³/mol. The lowest BCUT2D eigenvalue weighted by Crippen LogP contribution is -2.18. The fraction of sp³-hybridized carbons (Fsp3) is 0.538. The Morgan fingerprint density at radius 1 is 1.17 bits per heavy atom. The maximum atomic E-state index is 5.44. The van der Waals surface area contributed by atoms with E-state index in [0.717, 1.165) is 12.0 Å². The molecule has 1 rings (SSSR count). The third-order valence-corrected chi connectivity index (χ3v) is 2.89. The molecule has 18 heavy (non-hydrogen) atoms. The Bertz CT molecular complexity index is 294. The number of rotatable bonds is 10. The van der Waals surface area contributed by atoms with E-state index in [4.69, 9.17) is 18.5 Å². The number of ether oxygens (including phenoxy) is 2. The van der Waals surface area contributed by atoms with Gasteiger partial charge in [0, 0.05) is 7.11 Å². The van der Waals surface area contributed by atoms with E-state index in [0.29, 0.717) is 20.0 Å². The first-order valence-corrected chi connectivity index (χ1v) is 6.81. The van der Waals surface area contributed by atoms with Crippen LogP contribution in [0.2, 0.25) is 0 Å². The Balaban J connectivity index is 2.03. The summed E-state index contributed by atoms with van der Waals surface area (Å²) in [5.41, 5.74) is 1.15. The average molecular weight is 272 g/mol. The maximum Gasteiger partial charge on any atom is 0.155 e. The molecule has 0 aliphatic rings. The number of hydrogen-bond acceptors (Lipinski definition) is 4. The normalized spacial score (nSPS) is 13.2. The first-order chi connectivity index (χ1) is 8.86. The maximum absolute atomic E-state index is 5.44. The first kappa shape index (κ1) is 15.5. The molecule has 0 aromatic heterocycles.